The average Bonchev–Trinajstić information content (AvgIpc) is 3.01. The van der Waals surface area contributed by atoms with E-state index >= 15 is 0 Å². The summed E-state index contributed by atoms with van der Waals surface area (Å²) < 4.78 is 39.1. The van der Waals surface area contributed by atoms with Gasteiger partial charge in [-0.2, -0.15) is 13.2 Å². The van der Waals surface area contributed by atoms with Gasteiger partial charge in [0, 0.05) is 0 Å². The standard InChI is InChI=1S/C14H13F3N4O3/c1-2-10(13(23)24)18-12(22)11-7-21(20-19-11)9-5-3-4-8(6-9)14(15,16)17/h3-7,10H,2H2,1H3,(H,18,22)(H,23,24). The van der Waals surface area contributed by atoms with E-state index in [4.69, 9.17) is 5.11 Å². The molecule has 0 spiro atoms. The van der Waals surface area contributed by atoms with Crippen molar-refractivity contribution in [2.75, 3.05) is 0 Å². The van der Waals surface area contributed by atoms with Crippen LogP contribution in [0.2, 0.25) is 0 Å². The van der Waals surface area contributed by atoms with Crippen molar-refractivity contribution in [2.24, 2.45) is 0 Å². The molecule has 0 saturated heterocycles. The predicted octanol–water partition coefficient (Wildman–Crippen LogP) is 1.88. The van der Waals surface area contributed by atoms with Crippen LogP contribution in [-0.2, 0) is 11.0 Å². The van der Waals surface area contributed by atoms with Gasteiger partial charge in [-0.1, -0.05) is 18.2 Å². The van der Waals surface area contributed by atoms with E-state index in [1.165, 1.54) is 12.1 Å². The number of aromatic nitrogens is 3. The van der Waals surface area contributed by atoms with E-state index in [2.05, 4.69) is 15.6 Å². The first-order valence-corrected chi connectivity index (χ1v) is 6.86. The molecule has 0 aliphatic carbocycles. The number of hydrogen-bond acceptors (Lipinski definition) is 4. The van der Waals surface area contributed by atoms with Crippen molar-refractivity contribution in [1.82, 2.24) is 20.3 Å². The Morgan fingerprint density at radius 1 is 1.38 bits per heavy atom. The molecule has 1 aromatic heterocycles. The minimum absolute atomic E-state index is 0.0710. The molecule has 0 fully saturated rings. The molecular formula is C14H13F3N4O3. The summed E-state index contributed by atoms with van der Waals surface area (Å²) in [5.41, 5.74) is -0.993. The lowest BCUT2D eigenvalue weighted by Gasteiger charge is -2.10. The first-order valence-electron chi connectivity index (χ1n) is 6.86. The van der Waals surface area contributed by atoms with Gasteiger partial charge in [0.05, 0.1) is 17.4 Å². The summed E-state index contributed by atoms with van der Waals surface area (Å²) in [6.45, 7) is 1.58. The maximum Gasteiger partial charge on any atom is 0.416 e. The van der Waals surface area contributed by atoms with Gasteiger partial charge < -0.3 is 10.4 Å². The van der Waals surface area contributed by atoms with Crippen LogP contribution in [0.15, 0.2) is 30.5 Å². The maximum absolute atomic E-state index is 12.7. The molecule has 1 aromatic carbocycles. The molecule has 7 nitrogen and oxygen atoms in total. The van der Waals surface area contributed by atoms with Crippen LogP contribution in [0.4, 0.5) is 13.2 Å². The van der Waals surface area contributed by atoms with E-state index < -0.39 is 29.7 Å². The summed E-state index contributed by atoms with van der Waals surface area (Å²) in [7, 11) is 0. The quantitative estimate of drug-likeness (QED) is 0.865. The smallest absolute Gasteiger partial charge is 0.416 e. The fourth-order valence-corrected chi connectivity index (χ4v) is 1.89. The predicted molar refractivity (Wildman–Crippen MR) is 75.5 cm³/mol. The zero-order valence-electron chi connectivity index (χ0n) is 12.4. The first kappa shape index (κ1) is 17.4. The maximum atomic E-state index is 12.7. The van der Waals surface area contributed by atoms with Crippen LogP contribution in [0.5, 0.6) is 0 Å². The monoisotopic (exact) mass is 342 g/mol. The number of alkyl halides is 3. The van der Waals surface area contributed by atoms with Gasteiger partial charge in [0.15, 0.2) is 5.69 Å². The first-order chi connectivity index (χ1) is 11.2. The van der Waals surface area contributed by atoms with E-state index in [0.717, 1.165) is 23.0 Å². The number of nitrogens with one attached hydrogen (secondary N) is 1. The molecule has 1 atom stereocenters. The second kappa shape index (κ2) is 6.69. The van der Waals surface area contributed by atoms with E-state index in [0.29, 0.717) is 0 Å². The Kier molecular flexibility index (Phi) is 4.86. The summed E-state index contributed by atoms with van der Waals surface area (Å²) >= 11 is 0. The third-order valence-electron chi connectivity index (χ3n) is 3.18. The van der Waals surface area contributed by atoms with Crippen LogP contribution >= 0.6 is 0 Å². The molecule has 1 unspecified atom stereocenters. The summed E-state index contributed by atoms with van der Waals surface area (Å²) in [5.74, 6) is -1.97. The van der Waals surface area contributed by atoms with Gasteiger partial charge in [-0.15, -0.1) is 5.10 Å². The number of carbonyl (C=O) groups excluding carboxylic acids is 1. The number of hydrogen-bond donors (Lipinski definition) is 2. The highest BCUT2D eigenvalue weighted by molar-refractivity contribution is 5.94. The molecule has 2 N–H and O–H groups in total. The number of halogens is 3. The second-order valence-electron chi connectivity index (χ2n) is 4.87. The highest BCUT2D eigenvalue weighted by atomic mass is 19.4. The minimum Gasteiger partial charge on any atom is -0.480 e. The number of carboxylic acid groups (broad SMARTS) is 1. The summed E-state index contributed by atoms with van der Waals surface area (Å²) in [6, 6.07) is 3.26. The van der Waals surface area contributed by atoms with E-state index in [1.54, 1.807) is 6.92 Å². The van der Waals surface area contributed by atoms with Gasteiger partial charge in [0.25, 0.3) is 5.91 Å². The van der Waals surface area contributed by atoms with E-state index in [-0.39, 0.29) is 17.8 Å². The SMILES string of the molecule is CCC(NC(=O)c1cn(-c2cccc(C(F)(F)F)c2)nn1)C(=O)O. The van der Waals surface area contributed by atoms with Gasteiger partial charge in [0.1, 0.15) is 6.04 Å². The molecule has 1 amide bonds. The molecule has 0 radical (unpaired) electrons. The van der Waals surface area contributed by atoms with Crippen LogP contribution in [0.1, 0.15) is 29.4 Å². The molecule has 0 aliphatic heterocycles. The largest absolute Gasteiger partial charge is 0.480 e. The van der Waals surface area contributed by atoms with Crippen molar-refractivity contribution in [1.29, 1.82) is 0 Å². The van der Waals surface area contributed by atoms with E-state index in [1.807, 2.05) is 0 Å². The molecule has 2 aromatic rings. The van der Waals surface area contributed by atoms with Crippen LogP contribution < -0.4 is 5.32 Å². The lowest BCUT2D eigenvalue weighted by atomic mass is 10.2. The normalized spacial score (nSPS) is 12.7. The van der Waals surface area contributed by atoms with Gasteiger partial charge in [-0.25, -0.2) is 9.48 Å². The number of rotatable bonds is 5. The van der Waals surface area contributed by atoms with E-state index in [9.17, 15) is 22.8 Å². The molecule has 24 heavy (non-hydrogen) atoms. The Labute approximate surface area is 134 Å². The molecule has 0 bridgehead atoms. The van der Waals surface area contributed by atoms with Crippen LogP contribution in [0, 0.1) is 0 Å². The summed E-state index contributed by atoms with van der Waals surface area (Å²) in [6.07, 6.45) is -3.21. The Morgan fingerprint density at radius 2 is 2.08 bits per heavy atom. The number of amides is 1. The zero-order chi connectivity index (χ0) is 17.9. The second-order valence-corrected chi connectivity index (χ2v) is 4.87. The number of carbonyl (C=O) groups is 2. The number of carboxylic acids is 1. The highest BCUT2D eigenvalue weighted by Crippen LogP contribution is 2.30. The zero-order valence-corrected chi connectivity index (χ0v) is 12.4. The Hall–Kier alpha value is -2.91. The lowest BCUT2D eigenvalue weighted by Crippen LogP contribution is -2.40. The summed E-state index contributed by atoms with van der Waals surface area (Å²) in [5, 5.41) is 18.3. The van der Waals surface area contributed by atoms with Crippen molar-refractivity contribution in [3.63, 3.8) is 0 Å². The molecule has 1 heterocycles. The van der Waals surface area contributed by atoms with Gasteiger partial charge in [-0.3, -0.25) is 4.79 Å². The Bertz CT molecular complexity index is 758. The molecule has 2 rings (SSSR count). The fraction of sp³-hybridized carbons (Fsp3) is 0.286. The highest BCUT2D eigenvalue weighted by Gasteiger charge is 2.30. The van der Waals surface area contributed by atoms with Crippen LogP contribution in [0.3, 0.4) is 0 Å². The Balaban J connectivity index is 2.22. The van der Waals surface area contributed by atoms with Crippen LogP contribution in [-0.4, -0.2) is 38.0 Å². The summed E-state index contributed by atoms with van der Waals surface area (Å²) in [4.78, 5) is 22.8. The molecule has 0 aliphatic rings. The minimum atomic E-state index is -4.51. The van der Waals surface area contributed by atoms with Gasteiger partial charge in [-0.05, 0) is 24.6 Å². The van der Waals surface area contributed by atoms with Crippen molar-refractivity contribution >= 4 is 11.9 Å². The number of nitrogens with zero attached hydrogens (tertiary/aromatic N) is 3. The number of aliphatic carboxylic acids is 1. The average molecular weight is 342 g/mol. The molecule has 10 heteroatoms. The fourth-order valence-electron chi connectivity index (χ4n) is 1.89. The molecule has 0 saturated carbocycles. The third kappa shape index (κ3) is 3.89. The molecular weight excluding hydrogens is 329 g/mol. The van der Waals surface area contributed by atoms with Gasteiger partial charge >= 0.3 is 12.1 Å². The Morgan fingerprint density at radius 3 is 2.67 bits per heavy atom. The lowest BCUT2D eigenvalue weighted by molar-refractivity contribution is -0.139. The van der Waals surface area contributed by atoms with Crippen molar-refractivity contribution in [3.05, 3.63) is 41.7 Å². The van der Waals surface area contributed by atoms with Crippen LogP contribution in [0.25, 0.3) is 5.69 Å². The van der Waals surface area contributed by atoms with Crippen molar-refractivity contribution in [2.45, 2.75) is 25.6 Å². The topological polar surface area (TPSA) is 97.1 Å². The van der Waals surface area contributed by atoms with Crippen molar-refractivity contribution < 1.29 is 27.9 Å². The molecule has 128 valence electrons. The van der Waals surface area contributed by atoms with Crippen molar-refractivity contribution in [3.8, 4) is 5.69 Å². The third-order valence-corrected chi connectivity index (χ3v) is 3.18. The number of benzene rings is 1. The van der Waals surface area contributed by atoms with Gasteiger partial charge in [0.2, 0.25) is 0 Å².